The highest BCUT2D eigenvalue weighted by Gasteiger charge is 2.12. The van der Waals surface area contributed by atoms with Crippen LogP contribution in [0.3, 0.4) is 0 Å². The number of carbonyl (C=O) groups excluding carboxylic acids is 2. The molecule has 0 aliphatic heterocycles. The maximum Gasteiger partial charge on any atom is 0.276 e. The van der Waals surface area contributed by atoms with Crippen LogP contribution in [0.25, 0.3) is 0 Å². The Morgan fingerprint density at radius 2 is 1.45 bits per heavy atom. The standard InChI is InChI=1S/C23H26N4O2/c1-15-5-7-19(17(3)13-15)24-22(28)10-12-27-11-9-21(26-27)23(29)25-20-8-6-16(2)14-18(20)4/h5-9,11,13-14H,10,12H2,1-4H3,(H,24,28)(H,25,29). The predicted octanol–water partition coefficient (Wildman–Crippen LogP) is 4.40. The van der Waals surface area contributed by atoms with Crippen LogP contribution >= 0.6 is 0 Å². The summed E-state index contributed by atoms with van der Waals surface area (Å²) in [5.74, 6) is -0.357. The lowest BCUT2D eigenvalue weighted by atomic mass is 10.1. The minimum atomic E-state index is -0.268. The zero-order valence-electron chi connectivity index (χ0n) is 17.2. The van der Waals surface area contributed by atoms with Crippen molar-refractivity contribution in [3.63, 3.8) is 0 Å². The minimum absolute atomic E-state index is 0.0891. The van der Waals surface area contributed by atoms with Gasteiger partial charge < -0.3 is 10.6 Å². The third kappa shape index (κ3) is 5.31. The number of aromatic nitrogens is 2. The van der Waals surface area contributed by atoms with Crippen molar-refractivity contribution in [2.45, 2.75) is 40.7 Å². The summed E-state index contributed by atoms with van der Waals surface area (Å²) in [7, 11) is 0. The number of amides is 2. The molecule has 150 valence electrons. The summed E-state index contributed by atoms with van der Waals surface area (Å²) in [6.45, 7) is 8.35. The number of anilines is 2. The lowest BCUT2D eigenvalue weighted by molar-refractivity contribution is -0.116. The Balaban J connectivity index is 1.55. The average Bonchev–Trinajstić information content (AvgIpc) is 3.14. The van der Waals surface area contributed by atoms with E-state index in [1.54, 1.807) is 16.9 Å². The third-order valence-corrected chi connectivity index (χ3v) is 4.73. The van der Waals surface area contributed by atoms with Gasteiger partial charge >= 0.3 is 0 Å². The number of aryl methyl sites for hydroxylation is 5. The molecule has 2 N–H and O–H groups in total. The number of carbonyl (C=O) groups is 2. The van der Waals surface area contributed by atoms with E-state index in [-0.39, 0.29) is 18.2 Å². The van der Waals surface area contributed by atoms with Gasteiger partial charge in [-0.05, 0) is 57.0 Å². The van der Waals surface area contributed by atoms with Crippen LogP contribution in [0.1, 0.15) is 39.2 Å². The first-order valence-electron chi connectivity index (χ1n) is 9.61. The van der Waals surface area contributed by atoms with Crippen molar-refractivity contribution in [3.8, 4) is 0 Å². The van der Waals surface area contributed by atoms with E-state index < -0.39 is 0 Å². The van der Waals surface area contributed by atoms with E-state index in [0.717, 1.165) is 33.6 Å². The summed E-state index contributed by atoms with van der Waals surface area (Å²) in [4.78, 5) is 24.7. The molecule has 0 atom stereocenters. The molecule has 0 aliphatic carbocycles. The van der Waals surface area contributed by atoms with Gasteiger partial charge in [0.15, 0.2) is 5.69 Å². The van der Waals surface area contributed by atoms with Crippen molar-refractivity contribution < 1.29 is 9.59 Å². The molecule has 29 heavy (non-hydrogen) atoms. The smallest absolute Gasteiger partial charge is 0.276 e. The van der Waals surface area contributed by atoms with Crippen LogP contribution in [0.4, 0.5) is 11.4 Å². The fourth-order valence-corrected chi connectivity index (χ4v) is 3.13. The molecule has 0 bridgehead atoms. The Hall–Kier alpha value is -3.41. The van der Waals surface area contributed by atoms with E-state index in [0.29, 0.717) is 12.2 Å². The second-order valence-electron chi connectivity index (χ2n) is 7.35. The van der Waals surface area contributed by atoms with Gasteiger partial charge in [-0.15, -0.1) is 0 Å². The molecule has 0 radical (unpaired) electrons. The van der Waals surface area contributed by atoms with Gasteiger partial charge in [0.05, 0.1) is 0 Å². The van der Waals surface area contributed by atoms with Crippen molar-refractivity contribution >= 4 is 23.2 Å². The van der Waals surface area contributed by atoms with Crippen LogP contribution in [0.5, 0.6) is 0 Å². The molecule has 0 saturated heterocycles. The van der Waals surface area contributed by atoms with Gasteiger partial charge in [-0.25, -0.2) is 0 Å². The normalized spacial score (nSPS) is 10.6. The predicted molar refractivity (Wildman–Crippen MR) is 115 cm³/mol. The fraction of sp³-hybridized carbons (Fsp3) is 0.261. The van der Waals surface area contributed by atoms with Gasteiger partial charge in [0, 0.05) is 30.5 Å². The van der Waals surface area contributed by atoms with E-state index >= 15 is 0 Å². The molecule has 0 spiro atoms. The molecule has 3 aromatic rings. The van der Waals surface area contributed by atoms with Crippen molar-refractivity contribution in [1.82, 2.24) is 9.78 Å². The number of benzene rings is 2. The quantitative estimate of drug-likeness (QED) is 0.655. The summed E-state index contributed by atoms with van der Waals surface area (Å²) in [6, 6.07) is 13.4. The third-order valence-electron chi connectivity index (χ3n) is 4.73. The molecule has 6 heteroatoms. The molecule has 2 aromatic carbocycles. The van der Waals surface area contributed by atoms with Crippen LogP contribution in [0, 0.1) is 27.7 Å². The number of hydrogen-bond donors (Lipinski definition) is 2. The molecule has 0 unspecified atom stereocenters. The van der Waals surface area contributed by atoms with Crippen LogP contribution in [0.15, 0.2) is 48.7 Å². The van der Waals surface area contributed by atoms with Crippen LogP contribution in [0.2, 0.25) is 0 Å². The van der Waals surface area contributed by atoms with Crippen LogP contribution in [-0.4, -0.2) is 21.6 Å². The molecule has 1 heterocycles. The Morgan fingerprint density at radius 3 is 2.03 bits per heavy atom. The first kappa shape index (κ1) is 20.3. The first-order valence-corrected chi connectivity index (χ1v) is 9.61. The fourth-order valence-electron chi connectivity index (χ4n) is 3.13. The van der Waals surface area contributed by atoms with Crippen molar-refractivity contribution in [3.05, 3.63) is 76.6 Å². The highest BCUT2D eigenvalue weighted by molar-refractivity contribution is 6.03. The molecule has 0 saturated carbocycles. The summed E-state index contributed by atoms with van der Waals surface area (Å²) >= 11 is 0. The monoisotopic (exact) mass is 390 g/mol. The maximum atomic E-state index is 12.4. The van der Waals surface area contributed by atoms with E-state index in [4.69, 9.17) is 0 Å². The molecule has 0 aliphatic rings. The number of nitrogens with zero attached hydrogens (tertiary/aromatic N) is 2. The van der Waals surface area contributed by atoms with E-state index in [9.17, 15) is 9.59 Å². The van der Waals surface area contributed by atoms with Crippen LogP contribution < -0.4 is 10.6 Å². The molecule has 6 nitrogen and oxygen atoms in total. The maximum absolute atomic E-state index is 12.4. The van der Waals surface area contributed by atoms with Crippen molar-refractivity contribution in [2.75, 3.05) is 10.6 Å². The Kier molecular flexibility index (Phi) is 6.12. The van der Waals surface area contributed by atoms with Crippen molar-refractivity contribution in [1.29, 1.82) is 0 Å². The lowest BCUT2D eigenvalue weighted by Gasteiger charge is -2.09. The number of rotatable bonds is 6. The van der Waals surface area contributed by atoms with Gasteiger partial charge in [0.25, 0.3) is 5.91 Å². The summed E-state index contributed by atoms with van der Waals surface area (Å²) in [5.41, 5.74) is 6.23. The lowest BCUT2D eigenvalue weighted by Crippen LogP contribution is -2.17. The minimum Gasteiger partial charge on any atom is -0.326 e. The zero-order valence-corrected chi connectivity index (χ0v) is 17.2. The Labute approximate surface area is 170 Å². The van der Waals surface area contributed by atoms with Crippen LogP contribution in [-0.2, 0) is 11.3 Å². The van der Waals surface area contributed by atoms with E-state index in [1.165, 1.54) is 0 Å². The van der Waals surface area contributed by atoms with E-state index in [1.807, 2.05) is 64.1 Å². The Morgan fingerprint density at radius 1 is 0.862 bits per heavy atom. The molecule has 1 aromatic heterocycles. The van der Waals surface area contributed by atoms with Gasteiger partial charge in [-0.1, -0.05) is 35.4 Å². The van der Waals surface area contributed by atoms with Crippen molar-refractivity contribution in [2.24, 2.45) is 0 Å². The highest BCUT2D eigenvalue weighted by atomic mass is 16.2. The van der Waals surface area contributed by atoms with E-state index in [2.05, 4.69) is 15.7 Å². The highest BCUT2D eigenvalue weighted by Crippen LogP contribution is 2.17. The van der Waals surface area contributed by atoms with Gasteiger partial charge in [0.1, 0.15) is 0 Å². The largest absolute Gasteiger partial charge is 0.326 e. The average molecular weight is 390 g/mol. The SMILES string of the molecule is Cc1ccc(NC(=O)CCn2ccc(C(=O)Nc3ccc(C)cc3C)n2)c(C)c1. The second kappa shape index (κ2) is 8.73. The van der Waals surface area contributed by atoms with Gasteiger partial charge in [-0.3, -0.25) is 14.3 Å². The number of nitrogens with one attached hydrogen (secondary N) is 2. The second-order valence-corrected chi connectivity index (χ2v) is 7.35. The molecule has 0 fully saturated rings. The zero-order chi connectivity index (χ0) is 21.0. The molecule has 2 amide bonds. The topological polar surface area (TPSA) is 76.0 Å². The van der Waals surface area contributed by atoms with Gasteiger partial charge in [0.2, 0.25) is 5.91 Å². The number of hydrogen-bond acceptors (Lipinski definition) is 3. The summed E-state index contributed by atoms with van der Waals surface area (Å²) < 4.78 is 1.61. The summed E-state index contributed by atoms with van der Waals surface area (Å²) in [5, 5.41) is 10.1. The Bertz CT molecular complexity index is 1050. The van der Waals surface area contributed by atoms with Gasteiger partial charge in [-0.2, -0.15) is 5.10 Å². The molecule has 3 rings (SSSR count). The molecular formula is C23H26N4O2. The summed E-state index contributed by atoms with van der Waals surface area (Å²) in [6.07, 6.45) is 1.98. The molecular weight excluding hydrogens is 364 g/mol. The first-order chi connectivity index (χ1) is 13.8.